The summed E-state index contributed by atoms with van der Waals surface area (Å²) in [5, 5.41) is 0. The highest BCUT2D eigenvalue weighted by atomic mass is 16.6. The largest absolute Gasteiger partial charge is 0.460 e. The second kappa shape index (κ2) is 9.14. The molecule has 1 unspecified atom stereocenters. The molecule has 1 rings (SSSR count). The van der Waals surface area contributed by atoms with Crippen LogP contribution in [0.1, 0.15) is 52.4 Å². The van der Waals surface area contributed by atoms with Crippen LogP contribution >= 0.6 is 0 Å². The molecule has 0 bridgehead atoms. The highest BCUT2D eigenvalue weighted by Gasteiger charge is 2.40. The zero-order chi connectivity index (χ0) is 14.8. The lowest BCUT2D eigenvalue weighted by Gasteiger charge is -2.42. The minimum atomic E-state index is -0.404. The minimum Gasteiger partial charge on any atom is -0.460 e. The Kier molecular flexibility index (Phi) is 7.85. The van der Waals surface area contributed by atoms with Gasteiger partial charge in [-0.1, -0.05) is 32.8 Å². The Bertz CT molecular complexity index is 289. The van der Waals surface area contributed by atoms with E-state index in [2.05, 4.69) is 13.5 Å². The lowest BCUT2D eigenvalue weighted by Crippen LogP contribution is -2.48. The van der Waals surface area contributed by atoms with Crippen LogP contribution < -0.4 is 0 Å². The predicted octanol–water partition coefficient (Wildman–Crippen LogP) is 3.25. The van der Waals surface area contributed by atoms with Gasteiger partial charge < -0.3 is 14.2 Å². The molecular weight excluding hydrogens is 256 g/mol. The van der Waals surface area contributed by atoms with E-state index in [0.29, 0.717) is 13.2 Å². The third-order valence-corrected chi connectivity index (χ3v) is 3.90. The summed E-state index contributed by atoms with van der Waals surface area (Å²) in [5.74, 6) is -0.404. The molecule has 0 aromatic rings. The molecule has 1 fully saturated rings. The molecule has 20 heavy (non-hydrogen) atoms. The summed E-state index contributed by atoms with van der Waals surface area (Å²) in [6.07, 6.45) is 7.96. The molecule has 1 atom stereocenters. The minimum absolute atomic E-state index is 0.0742. The van der Waals surface area contributed by atoms with Gasteiger partial charge in [-0.05, 0) is 26.2 Å². The number of carbonyl (C=O) groups is 1. The van der Waals surface area contributed by atoms with E-state index in [-0.39, 0.29) is 18.3 Å². The Morgan fingerprint density at radius 2 is 1.95 bits per heavy atom. The summed E-state index contributed by atoms with van der Waals surface area (Å²) >= 11 is 0. The van der Waals surface area contributed by atoms with Crippen molar-refractivity contribution in [3.63, 3.8) is 0 Å². The number of esters is 1. The maximum atomic E-state index is 11.0. The van der Waals surface area contributed by atoms with E-state index in [9.17, 15) is 4.79 Å². The summed E-state index contributed by atoms with van der Waals surface area (Å²) in [4.78, 5) is 11.0. The SMILES string of the molecule is C=CC(=O)OCCOC(CC)C1(OCC)CCCCC1. The summed E-state index contributed by atoms with van der Waals surface area (Å²) in [7, 11) is 0. The van der Waals surface area contributed by atoms with Gasteiger partial charge in [-0.25, -0.2) is 4.79 Å². The number of carbonyl (C=O) groups excluding carboxylic acids is 1. The highest BCUT2D eigenvalue weighted by molar-refractivity contribution is 5.81. The summed E-state index contributed by atoms with van der Waals surface area (Å²) in [5.41, 5.74) is -0.149. The molecule has 0 aromatic carbocycles. The Morgan fingerprint density at radius 3 is 2.50 bits per heavy atom. The first-order chi connectivity index (χ1) is 9.68. The molecule has 1 aliphatic rings. The van der Waals surface area contributed by atoms with Gasteiger partial charge in [0.1, 0.15) is 6.61 Å². The van der Waals surface area contributed by atoms with E-state index in [1.165, 1.54) is 25.3 Å². The zero-order valence-corrected chi connectivity index (χ0v) is 12.9. The van der Waals surface area contributed by atoms with Crippen molar-refractivity contribution < 1.29 is 19.0 Å². The van der Waals surface area contributed by atoms with Crippen molar-refractivity contribution in [3.8, 4) is 0 Å². The van der Waals surface area contributed by atoms with E-state index in [0.717, 1.165) is 19.3 Å². The molecule has 0 radical (unpaired) electrons. The number of ether oxygens (including phenoxy) is 3. The maximum Gasteiger partial charge on any atom is 0.330 e. The van der Waals surface area contributed by atoms with Crippen molar-refractivity contribution >= 4 is 5.97 Å². The van der Waals surface area contributed by atoms with Crippen LogP contribution in [0.2, 0.25) is 0 Å². The standard InChI is InChI=1S/C16H28O4/c1-4-14(18-12-13-19-15(17)5-2)16(20-6-3)10-8-7-9-11-16/h5,14H,2,4,6-13H2,1,3H3. The van der Waals surface area contributed by atoms with Gasteiger partial charge in [0.15, 0.2) is 0 Å². The van der Waals surface area contributed by atoms with Crippen LogP contribution in [0.3, 0.4) is 0 Å². The van der Waals surface area contributed by atoms with Crippen LogP contribution in [0.4, 0.5) is 0 Å². The Hall–Kier alpha value is -0.870. The van der Waals surface area contributed by atoms with E-state index >= 15 is 0 Å². The molecule has 1 saturated carbocycles. The first-order valence-corrected chi connectivity index (χ1v) is 7.73. The zero-order valence-electron chi connectivity index (χ0n) is 12.9. The molecule has 0 aromatic heterocycles. The van der Waals surface area contributed by atoms with Crippen LogP contribution in [-0.4, -0.2) is 37.5 Å². The number of hydrogen-bond acceptors (Lipinski definition) is 4. The summed E-state index contributed by atoms with van der Waals surface area (Å²) in [6.45, 7) is 8.91. The van der Waals surface area contributed by atoms with E-state index < -0.39 is 5.97 Å². The van der Waals surface area contributed by atoms with Crippen molar-refractivity contribution in [2.45, 2.75) is 64.1 Å². The van der Waals surface area contributed by atoms with Crippen LogP contribution in [0, 0.1) is 0 Å². The third kappa shape index (κ3) is 4.91. The molecule has 0 aliphatic heterocycles. The first kappa shape index (κ1) is 17.2. The van der Waals surface area contributed by atoms with Gasteiger partial charge in [0, 0.05) is 12.7 Å². The highest BCUT2D eigenvalue weighted by Crippen LogP contribution is 2.37. The normalized spacial score (nSPS) is 19.3. The smallest absolute Gasteiger partial charge is 0.330 e. The number of rotatable bonds is 9. The van der Waals surface area contributed by atoms with Gasteiger partial charge in [0.2, 0.25) is 0 Å². The Morgan fingerprint density at radius 1 is 1.25 bits per heavy atom. The fraction of sp³-hybridized carbons (Fsp3) is 0.812. The van der Waals surface area contributed by atoms with Crippen molar-refractivity contribution in [1.82, 2.24) is 0 Å². The lowest BCUT2D eigenvalue weighted by molar-refractivity contribution is -0.167. The van der Waals surface area contributed by atoms with E-state index in [1.54, 1.807) is 0 Å². The van der Waals surface area contributed by atoms with Gasteiger partial charge in [0.25, 0.3) is 0 Å². The third-order valence-electron chi connectivity index (χ3n) is 3.90. The molecule has 0 heterocycles. The van der Waals surface area contributed by atoms with Gasteiger partial charge in [-0.3, -0.25) is 0 Å². The Balaban J connectivity index is 2.48. The van der Waals surface area contributed by atoms with Crippen molar-refractivity contribution in [1.29, 1.82) is 0 Å². The first-order valence-electron chi connectivity index (χ1n) is 7.73. The monoisotopic (exact) mass is 284 g/mol. The van der Waals surface area contributed by atoms with Crippen molar-refractivity contribution in [2.24, 2.45) is 0 Å². The Labute approximate surface area is 122 Å². The molecule has 0 amide bonds. The summed E-state index contributed by atoms with van der Waals surface area (Å²) < 4.78 is 17.0. The second-order valence-electron chi connectivity index (χ2n) is 5.20. The van der Waals surface area contributed by atoms with Gasteiger partial charge >= 0.3 is 5.97 Å². The topological polar surface area (TPSA) is 44.8 Å². The number of hydrogen-bond donors (Lipinski definition) is 0. The quantitative estimate of drug-likeness (QED) is 0.370. The van der Waals surface area contributed by atoms with Gasteiger partial charge in [-0.2, -0.15) is 0 Å². The second-order valence-corrected chi connectivity index (χ2v) is 5.20. The molecular formula is C16H28O4. The van der Waals surface area contributed by atoms with Crippen LogP contribution in [0.25, 0.3) is 0 Å². The molecule has 0 N–H and O–H groups in total. The van der Waals surface area contributed by atoms with Crippen LogP contribution in [0.5, 0.6) is 0 Å². The average Bonchev–Trinajstić information content (AvgIpc) is 2.48. The molecule has 1 aliphatic carbocycles. The van der Waals surface area contributed by atoms with E-state index in [1.807, 2.05) is 6.92 Å². The van der Waals surface area contributed by atoms with Crippen molar-refractivity contribution in [2.75, 3.05) is 19.8 Å². The molecule has 4 nitrogen and oxygen atoms in total. The molecule has 0 spiro atoms. The molecule has 0 saturated heterocycles. The fourth-order valence-corrected chi connectivity index (χ4v) is 3.03. The summed E-state index contributed by atoms with van der Waals surface area (Å²) in [6, 6.07) is 0. The van der Waals surface area contributed by atoms with E-state index in [4.69, 9.17) is 14.2 Å². The molecule has 4 heteroatoms. The predicted molar refractivity (Wildman–Crippen MR) is 78.6 cm³/mol. The fourth-order valence-electron chi connectivity index (χ4n) is 3.03. The molecule has 116 valence electrons. The van der Waals surface area contributed by atoms with Crippen LogP contribution in [-0.2, 0) is 19.0 Å². The maximum absolute atomic E-state index is 11.0. The van der Waals surface area contributed by atoms with Crippen LogP contribution in [0.15, 0.2) is 12.7 Å². The van der Waals surface area contributed by atoms with Crippen molar-refractivity contribution in [3.05, 3.63) is 12.7 Å². The lowest BCUT2D eigenvalue weighted by atomic mass is 9.79. The average molecular weight is 284 g/mol. The van der Waals surface area contributed by atoms with Gasteiger partial charge in [-0.15, -0.1) is 0 Å². The van der Waals surface area contributed by atoms with Gasteiger partial charge in [0.05, 0.1) is 18.3 Å².